The fourth-order valence-electron chi connectivity index (χ4n) is 1.73. The number of rotatable bonds is 11. The molecule has 4 unspecified atom stereocenters. The fourth-order valence-corrected chi connectivity index (χ4v) is 2.02. The summed E-state index contributed by atoms with van der Waals surface area (Å²) in [5, 5.41) is 33.0. The Morgan fingerprint density at radius 2 is 1.77 bits per heavy atom. The van der Waals surface area contributed by atoms with E-state index in [1.165, 1.54) is 19.0 Å². The van der Waals surface area contributed by atoms with Crippen molar-refractivity contribution >= 4 is 35.1 Å². The zero-order chi connectivity index (χ0) is 20.4. The van der Waals surface area contributed by atoms with Gasteiger partial charge in [0, 0.05) is 19.6 Å². The van der Waals surface area contributed by atoms with Crippen molar-refractivity contribution in [2.45, 2.75) is 37.6 Å². The third kappa shape index (κ3) is 9.43. The van der Waals surface area contributed by atoms with Crippen molar-refractivity contribution in [2.75, 3.05) is 20.2 Å². The van der Waals surface area contributed by atoms with Gasteiger partial charge < -0.3 is 37.4 Å². The van der Waals surface area contributed by atoms with Crippen LogP contribution >= 0.6 is 12.2 Å². The largest absolute Gasteiger partial charge is 0.480 e. The van der Waals surface area contributed by atoms with Gasteiger partial charge in [-0.2, -0.15) is 0 Å². The molecule has 0 spiro atoms. The number of likely N-dealkylation sites (N-methyl/N-ethyl adjacent to an activating group) is 1. The summed E-state index contributed by atoms with van der Waals surface area (Å²) >= 11 is 4.89. The number of carbonyl (C=O) groups excluding carboxylic acids is 2. The van der Waals surface area contributed by atoms with Crippen LogP contribution in [0.5, 0.6) is 0 Å². The number of hydrogen-bond donors (Lipinski definition) is 8. The summed E-state index contributed by atoms with van der Waals surface area (Å²) < 4.78 is 0. The summed E-state index contributed by atoms with van der Waals surface area (Å²) in [7, 11) is 1.50. The maximum atomic E-state index is 12.3. The van der Waals surface area contributed by atoms with Crippen molar-refractivity contribution in [1.29, 1.82) is 0 Å². The van der Waals surface area contributed by atoms with Crippen LogP contribution in [0.3, 0.4) is 0 Å². The number of thiocarbonyl (C=S) groups is 1. The van der Waals surface area contributed by atoms with Crippen LogP contribution in [0, 0.1) is 0 Å². The Bertz CT molecular complexity index is 519. The summed E-state index contributed by atoms with van der Waals surface area (Å²) in [4.78, 5) is 34.3. The Hall–Kier alpha value is -2.06. The lowest BCUT2D eigenvalue weighted by Crippen LogP contribution is -2.58. The molecular formula is C13H26N6O6S. The second kappa shape index (κ2) is 11.5. The van der Waals surface area contributed by atoms with E-state index in [-0.39, 0.29) is 11.7 Å². The molecule has 0 aromatic rings. The Balaban J connectivity index is 4.86. The van der Waals surface area contributed by atoms with Gasteiger partial charge in [0.25, 0.3) is 5.91 Å². The number of nitrogens with two attached hydrogens (primary N) is 2. The molecule has 0 aromatic heterocycles. The number of carboxylic acid groups (broad SMARTS) is 1. The van der Waals surface area contributed by atoms with Gasteiger partial charge in [0.1, 0.15) is 12.1 Å². The van der Waals surface area contributed by atoms with E-state index in [0.29, 0.717) is 0 Å². The van der Waals surface area contributed by atoms with E-state index in [2.05, 4.69) is 16.1 Å². The Kier molecular flexibility index (Phi) is 10.6. The molecule has 0 fully saturated rings. The lowest BCUT2D eigenvalue weighted by atomic mass is 10.2. The predicted octanol–water partition coefficient (Wildman–Crippen LogP) is -4.19. The third-order valence-corrected chi connectivity index (χ3v) is 3.45. The molecule has 0 saturated heterocycles. The van der Waals surface area contributed by atoms with Crippen LogP contribution in [0.4, 0.5) is 0 Å². The summed E-state index contributed by atoms with van der Waals surface area (Å²) in [5.74, 6) is -2.82. The van der Waals surface area contributed by atoms with Gasteiger partial charge in [0.2, 0.25) is 5.91 Å². The maximum absolute atomic E-state index is 12.3. The highest BCUT2D eigenvalue weighted by atomic mass is 32.1. The Morgan fingerprint density at radius 1 is 1.23 bits per heavy atom. The molecule has 4 atom stereocenters. The van der Waals surface area contributed by atoms with Crippen LogP contribution in [0.2, 0.25) is 0 Å². The van der Waals surface area contributed by atoms with Crippen molar-refractivity contribution in [3.05, 3.63) is 0 Å². The second-order valence-corrected chi connectivity index (χ2v) is 6.08. The zero-order valence-electron chi connectivity index (χ0n) is 14.5. The molecule has 0 radical (unpaired) electrons. The number of aliphatic hydroxyl groups excluding tert-OH is 2. The van der Waals surface area contributed by atoms with Gasteiger partial charge in [-0.25, -0.2) is 9.80 Å². The van der Waals surface area contributed by atoms with Gasteiger partial charge in [-0.05, 0) is 19.1 Å². The lowest BCUT2D eigenvalue weighted by molar-refractivity contribution is -0.140. The van der Waals surface area contributed by atoms with Crippen LogP contribution in [-0.4, -0.2) is 87.7 Å². The monoisotopic (exact) mass is 394 g/mol. The van der Waals surface area contributed by atoms with Crippen molar-refractivity contribution in [3.8, 4) is 0 Å². The highest BCUT2D eigenvalue weighted by molar-refractivity contribution is 7.80. The first-order valence-corrected chi connectivity index (χ1v) is 8.03. The molecule has 0 aliphatic carbocycles. The number of carboxylic acids is 1. The summed E-state index contributed by atoms with van der Waals surface area (Å²) in [5.41, 5.74) is 13.2. The lowest BCUT2D eigenvalue weighted by Gasteiger charge is -2.26. The average molecular weight is 394 g/mol. The molecular weight excluding hydrogens is 368 g/mol. The van der Waals surface area contributed by atoms with E-state index in [1.54, 1.807) is 0 Å². The third-order valence-electron chi connectivity index (χ3n) is 3.22. The first kappa shape index (κ1) is 23.9. The minimum absolute atomic E-state index is 0.126. The number of amides is 2. The summed E-state index contributed by atoms with van der Waals surface area (Å²) in [6.45, 7) is 0.896. The van der Waals surface area contributed by atoms with E-state index in [9.17, 15) is 19.5 Å². The van der Waals surface area contributed by atoms with Crippen LogP contribution in [-0.2, 0) is 14.4 Å². The number of nitrogens with zero attached hydrogens (tertiary/aromatic N) is 1. The minimum Gasteiger partial charge on any atom is -0.480 e. The number of aliphatic hydroxyl groups is 2. The smallest absolute Gasteiger partial charge is 0.328 e. The number of hydrogen-bond acceptors (Lipinski definition) is 8. The summed E-state index contributed by atoms with van der Waals surface area (Å²) in [6, 6.07) is -3.18. The van der Waals surface area contributed by atoms with Gasteiger partial charge in [0.15, 0.2) is 5.11 Å². The quantitative estimate of drug-likeness (QED) is 0.125. The normalized spacial score (nSPS) is 15.5. The van der Waals surface area contributed by atoms with E-state index >= 15 is 0 Å². The van der Waals surface area contributed by atoms with E-state index in [1.807, 2.05) is 0 Å². The fraction of sp³-hybridized carbons (Fsp3) is 0.692. The zero-order valence-corrected chi connectivity index (χ0v) is 15.3. The van der Waals surface area contributed by atoms with Crippen LogP contribution < -0.4 is 27.5 Å². The number of hydrazine groups is 1. The van der Waals surface area contributed by atoms with Crippen LogP contribution in [0.15, 0.2) is 0 Å². The van der Waals surface area contributed by atoms with Gasteiger partial charge in [-0.1, -0.05) is 0 Å². The predicted molar refractivity (Wildman–Crippen MR) is 95.4 cm³/mol. The van der Waals surface area contributed by atoms with E-state index < -0.39 is 55.0 Å². The highest BCUT2D eigenvalue weighted by Crippen LogP contribution is 1.96. The topological polar surface area (TPSA) is 203 Å². The number of primary amides is 1. The van der Waals surface area contributed by atoms with Crippen LogP contribution in [0.25, 0.3) is 0 Å². The van der Waals surface area contributed by atoms with E-state index in [0.717, 1.165) is 0 Å². The van der Waals surface area contributed by atoms with Gasteiger partial charge in [-0.3, -0.25) is 15.0 Å². The molecule has 0 aromatic carbocycles. The average Bonchev–Trinajstić information content (AvgIpc) is 2.50. The molecule has 10 N–H and O–H groups in total. The van der Waals surface area contributed by atoms with Crippen LogP contribution in [0.1, 0.15) is 13.3 Å². The maximum Gasteiger partial charge on any atom is 0.328 e. The van der Waals surface area contributed by atoms with Crippen molar-refractivity contribution in [1.82, 2.24) is 21.1 Å². The van der Waals surface area contributed by atoms with Crippen molar-refractivity contribution < 1.29 is 29.7 Å². The summed E-state index contributed by atoms with van der Waals surface area (Å²) in [6.07, 6.45) is -1.21. The second-order valence-electron chi connectivity index (χ2n) is 5.68. The molecule has 0 heterocycles. The van der Waals surface area contributed by atoms with Crippen molar-refractivity contribution in [3.63, 3.8) is 0 Å². The molecule has 0 rings (SSSR count). The Labute approximate surface area is 155 Å². The molecule has 0 aliphatic rings. The Morgan fingerprint density at radius 3 is 2.19 bits per heavy atom. The molecule has 150 valence electrons. The van der Waals surface area contributed by atoms with Crippen molar-refractivity contribution in [2.24, 2.45) is 11.5 Å². The van der Waals surface area contributed by atoms with Gasteiger partial charge in [-0.15, -0.1) is 0 Å². The first-order valence-electron chi connectivity index (χ1n) is 7.62. The molecule has 13 heteroatoms. The SMILES string of the molecule is CC(O)C(N)CN(C)NC(=O)C(CC(N)=O)NC(=S)NC(CO)C(=O)O. The molecule has 0 aliphatic heterocycles. The molecule has 0 saturated carbocycles. The minimum atomic E-state index is -1.38. The standard InChI is InChI=1S/C13H26N6O6S/c1-6(21)7(14)4-19(2)18-11(23)8(3-10(15)22)16-13(26)17-9(5-20)12(24)25/h6-9,20-21H,3-5,14H2,1-2H3,(H2,15,22)(H,18,23)(H,24,25)(H2,16,17,26). The first-order chi connectivity index (χ1) is 12.0. The number of carbonyl (C=O) groups is 3. The van der Waals surface area contributed by atoms with E-state index in [4.69, 9.17) is 33.9 Å². The number of aliphatic carboxylic acids is 1. The highest BCUT2D eigenvalue weighted by Gasteiger charge is 2.25. The van der Waals surface area contributed by atoms with Gasteiger partial charge in [0.05, 0.1) is 19.1 Å². The molecule has 12 nitrogen and oxygen atoms in total. The molecule has 2 amide bonds. The number of nitrogens with one attached hydrogen (secondary N) is 3. The molecule has 0 bridgehead atoms. The molecule has 26 heavy (non-hydrogen) atoms. The van der Waals surface area contributed by atoms with Gasteiger partial charge >= 0.3 is 5.97 Å².